The number of nitrogens with zero attached hydrogens (tertiary/aromatic N) is 2. The van der Waals surface area contributed by atoms with Gasteiger partial charge in [0.05, 0.1) is 30.8 Å². The van der Waals surface area contributed by atoms with Gasteiger partial charge in [-0.25, -0.2) is 4.79 Å². The van der Waals surface area contributed by atoms with Crippen LogP contribution in [0.25, 0.3) is 0 Å². The topological polar surface area (TPSA) is 214 Å². The molecule has 1 aromatic carbocycles. The first-order chi connectivity index (χ1) is 17.2. The second-order valence-corrected chi connectivity index (χ2v) is 10.9. The maximum Gasteiger partial charge on any atom is 0.366 e. The van der Waals surface area contributed by atoms with Crippen molar-refractivity contribution in [2.75, 3.05) is 13.7 Å². The van der Waals surface area contributed by atoms with Gasteiger partial charge >= 0.3 is 5.97 Å². The number of carbonyl (C=O) groups excluding carboxylic acids is 2. The first kappa shape index (κ1) is 29.0. The highest BCUT2D eigenvalue weighted by Crippen LogP contribution is 2.33. The van der Waals surface area contributed by atoms with Crippen LogP contribution >= 0.6 is 0 Å². The number of aryl methyl sites for hydroxylation is 1. The fourth-order valence-electron chi connectivity index (χ4n) is 3.77. The van der Waals surface area contributed by atoms with Gasteiger partial charge in [-0.2, -0.15) is 18.6 Å². The van der Waals surface area contributed by atoms with Crippen LogP contribution in [0, 0.1) is 6.92 Å². The number of hydrogen-bond donors (Lipinski definition) is 5. The lowest BCUT2D eigenvalue weighted by molar-refractivity contribution is -0.296. The lowest BCUT2D eigenvalue weighted by atomic mass is 9.88. The molecule has 2 aliphatic rings. The van der Waals surface area contributed by atoms with E-state index < -0.39 is 76.9 Å². The van der Waals surface area contributed by atoms with E-state index in [0.29, 0.717) is 0 Å². The molecule has 37 heavy (non-hydrogen) atoms. The normalized spacial score (nSPS) is 28.2. The van der Waals surface area contributed by atoms with Crippen molar-refractivity contribution in [1.82, 2.24) is 5.32 Å². The Labute approximate surface area is 213 Å². The molecule has 1 aromatic rings. The zero-order valence-corrected chi connectivity index (χ0v) is 21.3. The summed E-state index contributed by atoms with van der Waals surface area (Å²) in [6, 6.07) is 4.30. The van der Waals surface area contributed by atoms with Crippen molar-refractivity contribution in [2.24, 2.45) is 10.2 Å². The van der Waals surface area contributed by atoms with Gasteiger partial charge < -0.3 is 35.2 Å². The standard InChI is InChI=1S/C22H31N3O11S/c1-12-4-6-13(7-5-12)37(32,33)35-11-15(27)18(29)19-17(23-16(28)8-9-21(2)24-25-21)14(26)10-22(31,36-19)20(30)34-3/h4-7,14-15,17-19,26-27,29,31H,8-11H2,1-3H3,(H,23,28)/t14-,15+,17+,18+,19+,22+/m0/s1. The zero-order chi connectivity index (χ0) is 27.6. The molecule has 6 atom stereocenters. The average Bonchev–Trinajstić information content (AvgIpc) is 3.59. The Hall–Kier alpha value is -2.53. The van der Waals surface area contributed by atoms with E-state index in [1.165, 1.54) is 12.1 Å². The first-order valence-corrected chi connectivity index (χ1v) is 12.8. The van der Waals surface area contributed by atoms with E-state index >= 15 is 0 Å². The van der Waals surface area contributed by atoms with Crippen molar-refractivity contribution < 1.29 is 52.1 Å². The SMILES string of the molecule is COC(=O)[C@@]1(O)C[C@H](O)[C@@H](NC(=O)CCC2(C)N=N2)[C@H]([C@H](O)[C@H](O)COS(=O)(=O)c2ccc(C)cc2)O1. The van der Waals surface area contributed by atoms with Gasteiger partial charge in [-0.3, -0.25) is 8.98 Å². The summed E-state index contributed by atoms with van der Waals surface area (Å²) >= 11 is 0. The van der Waals surface area contributed by atoms with Crippen LogP contribution in [-0.4, -0.2) is 96.3 Å². The monoisotopic (exact) mass is 545 g/mol. The third-order valence-electron chi connectivity index (χ3n) is 6.12. The number of hydrogen-bond acceptors (Lipinski definition) is 13. The van der Waals surface area contributed by atoms with Gasteiger partial charge in [-0.1, -0.05) is 17.7 Å². The van der Waals surface area contributed by atoms with E-state index in [0.717, 1.165) is 12.7 Å². The smallest absolute Gasteiger partial charge is 0.366 e. The molecule has 0 aliphatic carbocycles. The van der Waals surface area contributed by atoms with Gasteiger partial charge in [0.1, 0.15) is 18.3 Å². The molecule has 1 amide bonds. The van der Waals surface area contributed by atoms with Gasteiger partial charge in [-0.05, 0) is 26.0 Å². The molecule has 15 heteroatoms. The second-order valence-electron chi connectivity index (χ2n) is 9.25. The second kappa shape index (κ2) is 11.1. The number of nitrogens with one attached hydrogen (secondary N) is 1. The highest BCUT2D eigenvalue weighted by molar-refractivity contribution is 7.86. The van der Waals surface area contributed by atoms with E-state index in [1.54, 1.807) is 26.0 Å². The molecular formula is C22H31N3O11S. The lowest BCUT2D eigenvalue weighted by Crippen LogP contribution is -2.67. The number of esters is 1. The Morgan fingerprint density at radius 1 is 1.24 bits per heavy atom. The number of benzene rings is 1. The zero-order valence-electron chi connectivity index (χ0n) is 20.5. The Bertz CT molecular complexity index is 1120. The van der Waals surface area contributed by atoms with Crippen molar-refractivity contribution >= 4 is 22.0 Å². The fraction of sp³-hybridized carbons (Fsp3) is 0.636. The minimum atomic E-state index is -4.31. The summed E-state index contributed by atoms with van der Waals surface area (Å²) in [5.74, 6) is -4.58. The predicted molar refractivity (Wildman–Crippen MR) is 123 cm³/mol. The van der Waals surface area contributed by atoms with Crippen molar-refractivity contribution in [2.45, 2.75) is 79.9 Å². The minimum absolute atomic E-state index is 0.0583. The van der Waals surface area contributed by atoms with Crippen molar-refractivity contribution in [3.63, 3.8) is 0 Å². The highest BCUT2D eigenvalue weighted by atomic mass is 32.2. The molecular weight excluding hydrogens is 514 g/mol. The third-order valence-corrected chi connectivity index (χ3v) is 7.41. The van der Waals surface area contributed by atoms with E-state index in [-0.39, 0.29) is 17.7 Å². The molecule has 14 nitrogen and oxygen atoms in total. The van der Waals surface area contributed by atoms with E-state index in [4.69, 9.17) is 8.92 Å². The Morgan fingerprint density at radius 2 is 1.86 bits per heavy atom. The number of rotatable bonds is 11. The summed E-state index contributed by atoms with van der Waals surface area (Å²) in [6.45, 7) is 2.53. The number of aliphatic hydroxyl groups is 4. The molecule has 0 aromatic heterocycles. The third kappa shape index (κ3) is 7.07. The number of methoxy groups -OCH3 is 1. The molecule has 5 N–H and O–H groups in total. The summed E-state index contributed by atoms with van der Waals surface area (Å²) in [6.07, 6.45) is -7.88. The molecule has 2 heterocycles. The fourth-order valence-corrected chi connectivity index (χ4v) is 4.69. The van der Waals surface area contributed by atoms with E-state index in [2.05, 4.69) is 20.3 Å². The summed E-state index contributed by atoms with van der Waals surface area (Å²) < 4.78 is 39.6. The van der Waals surface area contributed by atoms with Crippen LogP contribution in [0.1, 0.15) is 31.7 Å². The average molecular weight is 546 g/mol. The summed E-state index contributed by atoms with van der Waals surface area (Å²) in [5, 5.41) is 52.6. The van der Waals surface area contributed by atoms with Crippen LogP contribution in [-0.2, 0) is 33.4 Å². The Morgan fingerprint density at radius 3 is 2.43 bits per heavy atom. The number of amides is 1. The van der Waals surface area contributed by atoms with Gasteiger partial charge in [0.15, 0.2) is 5.66 Å². The number of aliphatic hydroxyl groups excluding tert-OH is 3. The van der Waals surface area contributed by atoms with Gasteiger partial charge in [0.2, 0.25) is 5.91 Å². The molecule has 0 bridgehead atoms. The lowest BCUT2D eigenvalue weighted by Gasteiger charge is -2.45. The van der Waals surface area contributed by atoms with Crippen LogP contribution in [0.3, 0.4) is 0 Å². The van der Waals surface area contributed by atoms with Crippen LogP contribution < -0.4 is 5.32 Å². The van der Waals surface area contributed by atoms with Crippen LogP contribution in [0.4, 0.5) is 0 Å². The Balaban J connectivity index is 1.73. The molecule has 0 radical (unpaired) electrons. The quantitative estimate of drug-likeness (QED) is 0.166. The molecule has 0 unspecified atom stereocenters. The molecule has 0 saturated carbocycles. The summed E-state index contributed by atoms with van der Waals surface area (Å²) in [4.78, 5) is 24.4. The number of ether oxygens (including phenoxy) is 2. The molecule has 1 saturated heterocycles. The first-order valence-electron chi connectivity index (χ1n) is 11.4. The largest absolute Gasteiger partial charge is 0.465 e. The molecule has 2 aliphatic heterocycles. The predicted octanol–water partition coefficient (Wildman–Crippen LogP) is -1.12. The van der Waals surface area contributed by atoms with E-state index in [9.17, 15) is 38.4 Å². The van der Waals surface area contributed by atoms with Crippen LogP contribution in [0.5, 0.6) is 0 Å². The van der Waals surface area contributed by atoms with Crippen LogP contribution in [0.2, 0.25) is 0 Å². The maximum atomic E-state index is 12.5. The molecule has 0 spiro atoms. The molecule has 3 rings (SSSR count). The molecule has 1 fully saturated rings. The van der Waals surface area contributed by atoms with Gasteiger partial charge in [0.25, 0.3) is 15.9 Å². The van der Waals surface area contributed by atoms with Gasteiger partial charge in [0, 0.05) is 19.3 Å². The van der Waals surface area contributed by atoms with Crippen molar-refractivity contribution in [1.29, 1.82) is 0 Å². The Kier molecular flexibility index (Phi) is 8.68. The van der Waals surface area contributed by atoms with Crippen molar-refractivity contribution in [3.8, 4) is 0 Å². The minimum Gasteiger partial charge on any atom is -0.465 e. The molecule has 206 valence electrons. The highest BCUT2D eigenvalue weighted by Gasteiger charge is 2.54. The van der Waals surface area contributed by atoms with Crippen LogP contribution in [0.15, 0.2) is 39.4 Å². The van der Waals surface area contributed by atoms with Gasteiger partial charge in [-0.15, -0.1) is 0 Å². The summed E-state index contributed by atoms with van der Waals surface area (Å²) in [5.41, 5.74) is 0.142. The maximum absolute atomic E-state index is 12.5. The van der Waals surface area contributed by atoms with E-state index in [1.807, 2.05) is 0 Å². The summed E-state index contributed by atoms with van der Waals surface area (Å²) in [7, 11) is -3.35. The number of carbonyl (C=O) groups is 2. The van der Waals surface area contributed by atoms with Crippen molar-refractivity contribution in [3.05, 3.63) is 29.8 Å².